The van der Waals surface area contributed by atoms with E-state index in [1.807, 2.05) is 49.4 Å². The Labute approximate surface area is 195 Å². The van der Waals surface area contributed by atoms with Crippen molar-refractivity contribution in [1.82, 2.24) is 14.9 Å². The summed E-state index contributed by atoms with van der Waals surface area (Å²) in [5.41, 5.74) is 3.70. The van der Waals surface area contributed by atoms with Crippen molar-refractivity contribution >= 4 is 34.2 Å². The number of nitriles is 1. The van der Waals surface area contributed by atoms with Gasteiger partial charge in [-0.2, -0.15) is 5.26 Å². The van der Waals surface area contributed by atoms with Crippen molar-refractivity contribution in [1.29, 1.82) is 5.26 Å². The first kappa shape index (κ1) is 23.2. The Morgan fingerprint density at radius 1 is 1.18 bits per heavy atom. The van der Waals surface area contributed by atoms with Crippen molar-refractivity contribution in [2.24, 2.45) is 0 Å². The number of alkyl halides is 2. The number of likely N-dealkylation sites (tertiary alicyclic amines) is 1. The lowest BCUT2D eigenvalue weighted by Gasteiger charge is -2.18. The largest absolute Gasteiger partial charge is 0.320 e. The fourth-order valence-electron chi connectivity index (χ4n) is 4.09. The number of aromatic nitrogens is 2. The van der Waals surface area contributed by atoms with E-state index in [-0.39, 0.29) is 18.6 Å². The average Bonchev–Trinajstić information content (AvgIpc) is 3.16. The van der Waals surface area contributed by atoms with Gasteiger partial charge in [0, 0.05) is 42.6 Å². The van der Waals surface area contributed by atoms with Crippen molar-refractivity contribution in [2.75, 3.05) is 6.54 Å². The Bertz CT molecular complexity index is 1320. The summed E-state index contributed by atoms with van der Waals surface area (Å²) in [4.78, 5) is 35.0. The number of benzene rings is 1. The number of hydrogen-bond donors (Lipinski definition) is 0. The maximum Gasteiger partial charge on any atom is 0.268 e. The second-order valence-electron chi connectivity index (χ2n) is 8.32. The zero-order valence-electron chi connectivity index (χ0n) is 18.5. The molecular formula is C26H22F2N4O2. The minimum Gasteiger partial charge on any atom is -0.320 e. The van der Waals surface area contributed by atoms with Crippen LogP contribution in [0.15, 0.2) is 54.9 Å². The maximum atomic E-state index is 13.6. The Morgan fingerprint density at radius 3 is 2.74 bits per heavy atom. The predicted molar refractivity (Wildman–Crippen MR) is 124 cm³/mol. The molecule has 0 N–H and O–H groups in total. The van der Waals surface area contributed by atoms with E-state index in [0.717, 1.165) is 21.7 Å². The van der Waals surface area contributed by atoms with Crippen molar-refractivity contribution in [3.8, 4) is 6.07 Å². The molecule has 0 saturated carbocycles. The van der Waals surface area contributed by atoms with Crippen molar-refractivity contribution < 1.29 is 18.4 Å². The molecule has 3 aromatic rings. The minimum absolute atomic E-state index is 0.148. The second-order valence-corrected chi connectivity index (χ2v) is 8.32. The fraction of sp³-hybridized carbons (Fsp3) is 0.269. The second kappa shape index (κ2) is 9.48. The highest BCUT2D eigenvalue weighted by Gasteiger charge is 2.47. The van der Waals surface area contributed by atoms with Gasteiger partial charge in [-0.3, -0.25) is 19.6 Å². The summed E-state index contributed by atoms with van der Waals surface area (Å²) in [5.74, 6) is -3.99. The maximum absolute atomic E-state index is 13.6. The summed E-state index contributed by atoms with van der Waals surface area (Å²) in [6.07, 6.45) is 4.12. The van der Waals surface area contributed by atoms with Gasteiger partial charge < -0.3 is 4.90 Å². The van der Waals surface area contributed by atoms with E-state index in [9.17, 15) is 18.4 Å². The van der Waals surface area contributed by atoms with E-state index >= 15 is 0 Å². The van der Waals surface area contributed by atoms with E-state index in [0.29, 0.717) is 16.5 Å². The molecule has 0 unspecified atom stereocenters. The van der Waals surface area contributed by atoms with Crippen LogP contribution in [0.5, 0.6) is 0 Å². The molecule has 0 aliphatic carbocycles. The van der Waals surface area contributed by atoms with Gasteiger partial charge >= 0.3 is 0 Å². The first-order valence-electron chi connectivity index (χ1n) is 10.9. The number of ketones is 1. The molecule has 1 aromatic carbocycles. The van der Waals surface area contributed by atoms with Crippen LogP contribution in [-0.4, -0.2) is 45.1 Å². The number of pyridine rings is 2. The summed E-state index contributed by atoms with van der Waals surface area (Å²) < 4.78 is 27.3. The van der Waals surface area contributed by atoms with Gasteiger partial charge in [-0.05, 0) is 54.5 Å². The lowest BCUT2D eigenvalue weighted by molar-refractivity contribution is -0.132. The van der Waals surface area contributed by atoms with E-state index < -0.39 is 30.8 Å². The SMILES string of the molecule is C/C(=C\c1ccccn1)c1ccc2nccc(C(=O)CCC(=O)N3CC(F)(F)C[C@H]3C#N)c2c1. The molecule has 172 valence electrons. The normalized spacial score (nSPS) is 17.5. The third-order valence-electron chi connectivity index (χ3n) is 5.85. The van der Waals surface area contributed by atoms with Crippen molar-refractivity contribution in [3.05, 3.63) is 71.7 Å². The number of nitrogens with zero attached hydrogens (tertiary/aromatic N) is 4. The summed E-state index contributed by atoms with van der Waals surface area (Å²) in [5, 5.41) is 9.74. The number of halogens is 2. The number of amides is 1. The number of hydrogen-bond acceptors (Lipinski definition) is 5. The Morgan fingerprint density at radius 2 is 2.00 bits per heavy atom. The zero-order valence-corrected chi connectivity index (χ0v) is 18.5. The smallest absolute Gasteiger partial charge is 0.268 e. The van der Waals surface area contributed by atoms with Gasteiger partial charge in [0.15, 0.2) is 5.78 Å². The first-order chi connectivity index (χ1) is 16.3. The minimum atomic E-state index is -3.08. The van der Waals surface area contributed by atoms with E-state index in [1.165, 1.54) is 6.20 Å². The Hall–Kier alpha value is -3.99. The molecule has 1 amide bonds. The first-order valence-corrected chi connectivity index (χ1v) is 10.9. The van der Waals surface area contributed by atoms with Gasteiger partial charge in [-0.25, -0.2) is 8.78 Å². The number of allylic oxidation sites excluding steroid dienone is 1. The molecular weight excluding hydrogens is 438 g/mol. The molecule has 1 aliphatic rings. The molecule has 3 heterocycles. The summed E-state index contributed by atoms with van der Waals surface area (Å²) in [6.45, 7) is 1.16. The Balaban J connectivity index is 1.54. The fourth-order valence-corrected chi connectivity index (χ4v) is 4.09. The molecule has 0 radical (unpaired) electrons. The summed E-state index contributed by atoms with van der Waals surface area (Å²) >= 11 is 0. The van der Waals surface area contributed by atoms with E-state index in [2.05, 4.69) is 9.97 Å². The van der Waals surface area contributed by atoms with Crippen LogP contribution >= 0.6 is 0 Å². The summed E-state index contributed by atoms with van der Waals surface area (Å²) in [7, 11) is 0. The predicted octanol–water partition coefficient (Wildman–Crippen LogP) is 4.91. The number of fused-ring (bicyclic) bond motifs is 1. The molecule has 0 spiro atoms. The zero-order chi connectivity index (χ0) is 24.3. The van der Waals surface area contributed by atoms with Crippen LogP contribution in [-0.2, 0) is 4.79 Å². The van der Waals surface area contributed by atoms with Gasteiger partial charge in [-0.1, -0.05) is 12.1 Å². The van der Waals surface area contributed by atoms with Crippen LogP contribution in [0.4, 0.5) is 8.78 Å². The molecule has 2 aromatic heterocycles. The van der Waals surface area contributed by atoms with Crippen LogP contribution in [0.1, 0.15) is 47.8 Å². The molecule has 4 rings (SSSR count). The standard InChI is InChI=1S/C26H22F2N4O2/c1-17(12-19-4-2-3-10-30-19)18-5-6-23-22(13-18)21(9-11-31-23)24(33)7-8-25(34)32-16-26(27,28)14-20(32)15-29/h2-6,9-13,20H,7-8,14,16H2,1H3/b17-12+/t20-/m0/s1. The number of Topliss-reactive ketones (excluding diaryl/α,β-unsaturated/α-hetero) is 1. The quantitative estimate of drug-likeness (QED) is 0.488. The molecule has 8 heteroatoms. The number of rotatable bonds is 6. The molecule has 1 atom stereocenters. The highest BCUT2D eigenvalue weighted by atomic mass is 19.3. The van der Waals surface area contributed by atoms with Crippen LogP contribution in [0, 0.1) is 11.3 Å². The molecule has 1 saturated heterocycles. The molecule has 0 bridgehead atoms. The van der Waals surface area contributed by atoms with Crippen LogP contribution in [0.3, 0.4) is 0 Å². The van der Waals surface area contributed by atoms with Crippen LogP contribution in [0.25, 0.3) is 22.6 Å². The van der Waals surface area contributed by atoms with Gasteiger partial charge in [0.25, 0.3) is 5.92 Å². The van der Waals surface area contributed by atoms with Gasteiger partial charge in [0.2, 0.25) is 5.91 Å². The molecule has 34 heavy (non-hydrogen) atoms. The molecule has 6 nitrogen and oxygen atoms in total. The van der Waals surface area contributed by atoms with Crippen LogP contribution < -0.4 is 0 Å². The van der Waals surface area contributed by atoms with Gasteiger partial charge in [0.1, 0.15) is 6.04 Å². The highest BCUT2D eigenvalue weighted by Crippen LogP contribution is 2.32. The van der Waals surface area contributed by atoms with Crippen LogP contribution in [0.2, 0.25) is 0 Å². The summed E-state index contributed by atoms with van der Waals surface area (Å²) in [6, 6.07) is 13.4. The lowest BCUT2D eigenvalue weighted by Crippen LogP contribution is -2.36. The molecule has 1 fully saturated rings. The monoisotopic (exact) mass is 460 g/mol. The van der Waals surface area contributed by atoms with Crippen molar-refractivity contribution in [2.45, 2.75) is 38.2 Å². The average molecular weight is 460 g/mol. The third kappa shape index (κ3) is 4.99. The van der Waals surface area contributed by atoms with Gasteiger partial charge in [0.05, 0.1) is 23.8 Å². The van der Waals surface area contributed by atoms with E-state index in [1.54, 1.807) is 18.3 Å². The highest BCUT2D eigenvalue weighted by molar-refractivity contribution is 6.08. The van der Waals surface area contributed by atoms with Crippen molar-refractivity contribution in [3.63, 3.8) is 0 Å². The third-order valence-corrected chi connectivity index (χ3v) is 5.85. The van der Waals surface area contributed by atoms with Gasteiger partial charge in [-0.15, -0.1) is 0 Å². The number of carbonyl (C=O) groups excluding carboxylic acids is 2. The topological polar surface area (TPSA) is 87.0 Å². The Kier molecular flexibility index (Phi) is 6.46. The lowest BCUT2D eigenvalue weighted by atomic mass is 9.97. The molecule has 1 aliphatic heterocycles. The van der Waals surface area contributed by atoms with E-state index in [4.69, 9.17) is 5.26 Å². The number of carbonyl (C=O) groups is 2.